The number of nitrogens with one attached hydrogen (secondary N) is 2. The molecule has 19 heavy (non-hydrogen) atoms. The number of hydrogen-bond donors (Lipinski definition) is 2. The van der Waals surface area contributed by atoms with E-state index in [0.29, 0.717) is 0 Å². The molecule has 0 spiro atoms. The van der Waals surface area contributed by atoms with Crippen LogP contribution in [0.2, 0.25) is 0 Å². The first-order valence-corrected chi connectivity index (χ1v) is 6.75. The van der Waals surface area contributed by atoms with Gasteiger partial charge in [0.25, 0.3) is 0 Å². The molecule has 0 aliphatic heterocycles. The van der Waals surface area contributed by atoms with Crippen molar-refractivity contribution in [3.63, 3.8) is 0 Å². The zero-order valence-electron chi connectivity index (χ0n) is 9.95. The fraction of sp³-hybridized carbons (Fsp3) is 0.333. The minimum Gasteiger partial charge on any atom is -0.369 e. The lowest BCUT2D eigenvalue weighted by Crippen LogP contribution is -2.26. The van der Waals surface area contributed by atoms with E-state index in [4.69, 9.17) is 5.26 Å². The third kappa shape index (κ3) is 4.16. The van der Waals surface area contributed by atoms with Crippen LogP contribution in [0.4, 0.5) is 11.5 Å². The third-order valence-corrected chi connectivity index (χ3v) is 3.53. The first-order chi connectivity index (χ1) is 8.89. The van der Waals surface area contributed by atoms with Crippen molar-refractivity contribution in [3.8, 4) is 6.07 Å². The van der Waals surface area contributed by atoms with Gasteiger partial charge in [0, 0.05) is 12.6 Å². The second kappa shape index (κ2) is 6.07. The fourth-order valence-electron chi connectivity index (χ4n) is 1.20. The molecule has 10 heteroatoms. The normalized spacial score (nSPS) is 10.7. The Labute approximate surface area is 109 Å². The number of anilines is 1. The Kier molecular flexibility index (Phi) is 4.74. The molecule has 0 radical (unpaired) electrons. The van der Waals surface area contributed by atoms with Crippen molar-refractivity contribution >= 4 is 21.5 Å². The van der Waals surface area contributed by atoms with E-state index in [-0.39, 0.29) is 23.8 Å². The quantitative estimate of drug-likeness (QED) is 0.546. The molecule has 1 aromatic heterocycles. The average molecular weight is 285 g/mol. The molecule has 9 nitrogen and oxygen atoms in total. The van der Waals surface area contributed by atoms with Crippen molar-refractivity contribution in [2.45, 2.75) is 0 Å². The second-order valence-corrected chi connectivity index (χ2v) is 5.43. The fourth-order valence-corrected chi connectivity index (χ4v) is 1.77. The van der Waals surface area contributed by atoms with Gasteiger partial charge in [0.2, 0.25) is 15.7 Å². The molecule has 0 saturated heterocycles. The number of hydrogen-bond acceptors (Lipinski definition) is 7. The zero-order chi connectivity index (χ0) is 14.5. The van der Waals surface area contributed by atoms with Gasteiger partial charge in [-0.15, -0.1) is 0 Å². The summed E-state index contributed by atoms with van der Waals surface area (Å²) in [5.74, 6) is 0.0257. The van der Waals surface area contributed by atoms with Crippen molar-refractivity contribution < 1.29 is 13.3 Å². The Bertz CT molecular complexity index is 622. The Balaban J connectivity index is 2.77. The smallest absolute Gasteiger partial charge is 0.305 e. The van der Waals surface area contributed by atoms with Crippen LogP contribution in [-0.4, -0.2) is 37.7 Å². The minimum absolute atomic E-state index is 0.0683. The van der Waals surface area contributed by atoms with Crippen LogP contribution in [0.1, 0.15) is 5.69 Å². The molecule has 1 rings (SSSR count). The Morgan fingerprint density at radius 3 is 2.74 bits per heavy atom. The summed E-state index contributed by atoms with van der Waals surface area (Å²) in [4.78, 5) is 13.6. The molecule has 2 N–H and O–H groups in total. The summed E-state index contributed by atoms with van der Waals surface area (Å²) < 4.78 is 24.4. The van der Waals surface area contributed by atoms with Crippen LogP contribution >= 0.6 is 0 Å². The Morgan fingerprint density at radius 1 is 1.53 bits per heavy atom. The highest BCUT2D eigenvalue weighted by Crippen LogP contribution is 2.17. The van der Waals surface area contributed by atoms with Gasteiger partial charge in [-0.2, -0.15) is 5.26 Å². The molecule has 0 aromatic carbocycles. The zero-order valence-corrected chi connectivity index (χ0v) is 10.8. The number of aromatic nitrogens is 1. The van der Waals surface area contributed by atoms with Gasteiger partial charge in [-0.3, -0.25) is 10.1 Å². The predicted octanol–water partition coefficient (Wildman–Crippen LogP) is -0.177. The molecule has 0 aliphatic rings. The number of nitro groups is 1. The topological polar surface area (TPSA) is 138 Å². The van der Waals surface area contributed by atoms with Crippen LogP contribution in [0.25, 0.3) is 0 Å². The molecule has 1 heterocycles. The molecule has 0 saturated carbocycles. The first kappa shape index (κ1) is 14.8. The van der Waals surface area contributed by atoms with Crippen LogP contribution in [0.5, 0.6) is 0 Å². The molecule has 0 unspecified atom stereocenters. The highest BCUT2D eigenvalue weighted by Gasteiger charge is 2.15. The van der Waals surface area contributed by atoms with Gasteiger partial charge >= 0.3 is 5.69 Å². The second-order valence-electron chi connectivity index (χ2n) is 3.38. The van der Waals surface area contributed by atoms with E-state index in [1.807, 2.05) is 0 Å². The summed E-state index contributed by atoms with van der Waals surface area (Å²) in [6.45, 7) is 0.0683. The molecule has 0 bridgehead atoms. The summed E-state index contributed by atoms with van der Waals surface area (Å²) in [7, 11) is -2.04. The SMILES string of the molecule is CNS(=O)(=O)CCNc1ccc([N+](=O)[O-])c(C#N)n1. The van der Waals surface area contributed by atoms with E-state index in [2.05, 4.69) is 15.0 Å². The Morgan fingerprint density at radius 2 is 2.21 bits per heavy atom. The maximum absolute atomic E-state index is 11.1. The number of sulfonamides is 1. The Hall–Kier alpha value is -2.25. The lowest BCUT2D eigenvalue weighted by Gasteiger charge is -2.06. The van der Waals surface area contributed by atoms with Crippen LogP contribution < -0.4 is 10.0 Å². The molecular formula is C9H11N5O4S. The van der Waals surface area contributed by atoms with Crippen molar-refractivity contribution in [1.82, 2.24) is 9.71 Å². The van der Waals surface area contributed by atoms with Crippen molar-refractivity contribution in [2.24, 2.45) is 0 Å². The van der Waals surface area contributed by atoms with E-state index in [1.54, 1.807) is 6.07 Å². The van der Waals surface area contributed by atoms with Crippen LogP contribution in [0, 0.1) is 21.4 Å². The molecule has 0 amide bonds. The van der Waals surface area contributed by atoms with Crippen molar-refractivity contribution in [1.29, 1.82) is 5.26 Å². The molecule has 0 fully saturated rings. The largest absolute Gasteiger partial charge is 0.369 e. The van der Waals surface area contributed by atoms with Gasteiger partial charge in [-0.05, 0) is 13.1 Å². The van der Waals surface area contributed by atoms with E-state index in [0.717, 1.165) is 6.07 Å². The van der Waals surface area contributed by atoms with Crippen LogP contribution in [-0.2, 0) is 10.0 Å². The van der Waals surface area contributed by atoms with Gasteiger partial charge in [-0.25, -0.2) is 18.1 Å². The highest BCUT2D eigenvalue weighted by atomic mass is 32.2. The average Bonchev–Trinajstić information content (AvgIpc) is 2.38. The standard InChI is InChI=1S/C9H11N5O4S/c1-11-19(17,18)5-4-12-9-3-2-8(14(15)16)7(6-10)13-9/h2-3,11H,4-5H2,1H3,(H,12,13). The number of rotatable bonds is 6. The molecule has 0 aliphatic carbocycles. The van der Waals surface area contributed by atoms with E-state index >= 15 is 0 Å². The number of nitrogens with zero attached hydrogens (tertiary/aromatic N) is 3. The summed E-state index contributed by atoms with van der Waals surface area (Å²) in [6.07, 6.45) is 0. The molecule has 1 aromatic rings. The highest BCUT2D eigenvalue weighted by molar-refractivity contribution is 7.89. The van der Waals surface area contributed by atoms with Crippen molar-refractivity contribution in [2.75, 3.05) is 24.7 Å². The van der Waals surface area contributed by atoms with Gasteiger partial charge < -0.3 is 5.32 Å². The number of nitriles is 1. The minimum atomic E-state index is -3.34. The lowest BCUT2D eigenvalue weighted by atomic mass is 10.3. The van der Waals surface area contributed by atoms with Crippen LogP contribution in [0.15, 0.2) is 12.1 Å². The summed E-state index contributed by atoms with van der Waals surface area (Å²) in [5.41, 5.74) is -0.720. The lowest BCUT2D eigenvalue weighted by molar-refractivity contribution is -0.385. The third-order valence-electron chi connectivity index (χ3n) is 2.16. The molecule has 0 atom stereocenters. The first-order valence-electron chi connectivity index (χ1n) is 5.10. The summed E-state index contributed by atoms with van der Waals surface area (Å²) in [6, 6.07) is 4.06. The van der Waals surface area contributed by atoms with Crippen LogP contribution in [0.3, 0.4) is 0 Å². The van der Waals surface area contributed by atoms with Gasteiger partial charge in [0.1, 0.15) is 11.9 Å². The van der Waals surface area contributed by atoms with Gasteiger partial charge in [0.15, 0.2) is 0 Å². The van der Waals surface area contributed by atoms with E-state index in [1.165, 1.54) is 13.1 Å². The van der Waals surface area contributed by atoms with Gasteiger partial charge in [0.05, 0.1) is 10.7 Å². The number of pyridine rings is 1. The van der Waals surface area contributed by atoms with E-state index < -0.39 is 20.6 Å². The monoisotopic (exact) mass is 285 g/mol. The van der Waals surface area contributed by atoms with Gasteiger partial charge in [-0.1, -0.05) is 0 Å². The maximum Gasteiger partial charge on any atom is 0.305 e. The molecule has 102 valence electrons. The van der Waals surface area contributed by atoms with E-state index in [9.17, 15) is 18.5 Å². The maximum atomic E-state index is 11.1. The summed E-state index contributed by atoms with van der Waals surface area (Å²) in [5, 5.41) is 22.0. The predicted molar refractivity (Wildman–Crippen MR) is 66.9 cm³/mol. The van der Waals surface area contributed by atoms with Crippen molar-refractivity contribution in [3.05, 3.63) is 27.9 Å². The molecular weight excluding hydrogens is 274 g/mol. The summed E-state index contributed by atoms with van der Waals surface area (Å²) >= 11 is 0.